The summed E-state index contributed by atoms with van der Waals surface area (Å²) in [6.45, 7) is 4.15. The average Bonchev–Trinajstić information content (AvgIpc) is 3.56. The van der Waals surface area contributed by atoms with Gasteiger partial charge in [-0.15, -0.1) is 31.7 Å². The van der Waals surface area contributed by atoms with Crippen molar-refractivity contribution in [3.05, 3.63) is 63.9 Å². The van der Waals surface area contributed by atoms with Crippen molar-refractivity contribution >= 4 is 23.1 Å². The highest BCUT2D eigenvalue weighted by molar-refractivity contribution is 7.99. The van der Waals surface area contributed by atoms with Crippen molar-refractivity contribution in [3.8, 4) is 11.5 Å². The van der Waals surface area contributed by atoms with Crippen LogP contribution in [0.4, 0.5) is 0 Å². The number of thiophene rings is 1. The third-order valence-corrected chi connectivity index (χ3v) is 7.84. The Morgan fingerprint density at radius 2 is 1.97 bits per heavy atom. The van der Waals surface area contributed by atoms with Crippen molar-refractivity contribution in [2.45, 2.75) is 68.8 Å². The van der Waals surface area contributed by atoms with Gasteiger partial charge < -0.3 is 8.98 Å². The Morgan fingerprint density at radius 1 is 1.09 bits per heavy atom. The molecule has 3 aromatic heterocycles. The van der Waals surface area contributed by atoms with Crippen molar-refractivity contribution in [2.75, 3.05) is 0 Å². The number of thioether (sulfide) groups is 1. The molecule has 32 heavy (non-hydrogen) atoms. The van der Waals surface area contributed by atoms with Crippen molar-refractivity contribution in [2.24, 2.45) is 0 Å². The van der Waals surface area contributed by atoms with Gasteiger partial charge in [-0.05, 0) is 50.3 Å². The van der Waals surface area contributed by atoms with Gasteiger partial charge in [0.05, 0.1) is 5.25 Å². The second-order valence-corrected chi connectivity index (χ2v) is 10.7. The van der Waals surface area contributed by atoms with Gasteiger partial charge in [-0.25, -0.2) is 0 Å². The highest BCUT2D eigenvalue weighted by Crippen LogP contribution is 2.39. The van der Waals surface area contributed by atoms with Gasteiger partial charge in [0.25, 0.3) is 0 Å². The molecule has 0 aliphatic heterocycles. The van der Waals surface area contributed by atoms with Crippen LogP contribution in [0.15, 0.2) is 51.4 Å². The molecule has 0 radical (unpaired) electrons. The van der Waals surface area contributed by atoms with Crippen LogP contribution in [0.1, 0.15) is 72.5 Å². The number of rotatable bonds is 7. The minimum atomic E-state index is -0.0119. The molecule has 0 amide bonds. The van der Waals surface area contributed by atoms with E-state index in [2.05, 4.69) is 68.5 Å². The minimum absolute atomic E-state index is 0.0119. The first-order valence-corrected chi connectivity index (χ1v) is 13.0. The van der Waals surface area contributed by atoms with E-state index < -0.39 is 0 Å². The maximum atomic E-state index is 6.04. The van der Waals surface area contributed by atoms with Crippen LogP contribution in [0.5, 0.6) is 0 Å². The van der Waals surface area contributed by atoms with E-state index in [1.807, 2.05) is 12.1 Å². The molecule has 1 aromatic carbocycles. The molecule has 6 nitrogen and oxygen atoms in total. The van der Waals surface area contributed by atoms with Crippen LogP contribution in [0.2, 0.25) is 0 Å². The fourth-order valence-corrected chi connectivity index (χ4v) is 5.96. The molecule has 5 rings (SSSR count). The molecular weight excluding hydrogens is 438 g/mol. The zero-order valence-electron chi connectivity index (χ0n) is 18.4. The smallest absolute Gasteiger partial charge is 0.247 e. The van der Waals surface area contributed by atoms with E-state index in [-0.39, 0.29) is 5.25 Å². The first-order chi connectivity index (χ1) is 15.7. The van der Waals surface area contributed by atoms with E-state index in [1.54, 1.807) is 23.1 Å². The summed E-state index contributed by atoms with van der Waals surface area (Å²) >= 11 is 3.43. The summed E-state index contributed by atoms with van der Waals surface area (Å²) in [6.07, 6.45) is 7.07. The van der Waals surface area contributed by atoms with E-state index in [1.165, 1.54) is 42.5 Å². The third-order valence-electron chi connectivity index (χ3n) is 5.92. The second-order valence-electron chi connectivity index (χ2n) is 8.39. The van der Waals surface area contributed by atoms with Gasteiger partial charge in [0, 0.05) is 22.9 Å². The largest absolute Gasteiger partial charge is 0.419 e. The molecule has 1 aliphatic rings. The van der Waals surface area contributed by atoms with Gasteiger partial charge in [-0.3, -0.25) is 0 Å². The lowest BCUT2D eigenvalue weighted by atomic mass is 9.95. The molecule has 0 saturated heterocycles. The maximum absolute atomic E-state index is 6.04. The van der Waals surface area contributed by atoms with E-state index in [0.717, 1.165) is 23.0 Å². The van der Waals surface area contributed by atoms with Crippen LogP contribution in [-0.2, 0) is 6.42 Å². The van der Waals surface area contributed by atoms with Crippen LogP contribution >= 0.6 is 23.1 Å². The summed E-state index contributed by atoms with van der Waals surface area (Å²) in [5.74, 6) is 2.23. The Morgan fingerprint density at radius 3 is 2.75 bits per heavy atom. The molecule has 1 atom stereocenters. The van der Waals surface area contributed by atoms with Crippen LogP contribution in [0.25, 0.3) is 11.5 Å². The van der Waals surface area contributed by atoms with Crippen molar-refractivity contribution < 1.29 is 4.42 Å². The van der Waals surface area contributed by atoms with Gasteiger partial charge in [0.15, 0.2) is 5.16 Å². The first-order valence-electron chi connectivity index (χ1n) is 11.2. The van der Waals surface area contributed by atoms with E-state index in [0.29, 0.717) is 17.8 Å². The van der Waals surface area contributed by atoms with Crippen molar-refractivity contribution in [3.63, 3.8) is 0 Å². The summed E-state index contributed by atoms with van der Waals surface area (Å²) in [7, 11) is 0. The fourth-order valence-electron chi connectivity index (χ4n) is 4.29. The fraction of sp³-hybridized carbons (Fsp3) is 0.417. The SMILES string of the molecule is Cc1cccc(-c2nnc([C@@H](C)Sc3nnc(Cc4cccs4)n3C3CCCCC3)o2)c1. The molecule has 1 fully saturated rings. The molecule has 166 valence electrons. The predicted molar refractivity (Wildman–Crippen MR) is 128 cm³/mol. The zero-order chi connectivity index (χ0) is 21.9. The molecule has 0 bridgehead atoms. The lowest BCUT2D eigenvalue weighted by Crippen LogP contribution is -2.17. The third kappa shape index (κ3) is 4.66. The Balaban J connectivity index is 1.39. The van der Waals surface area contributed by atoms with Crippen LogP contribution < -0.4 is 0 Å². The molecule has 0 unspecified atom stereocenters. The Hall–Kier alpha value is -2.45. The molecule has 3 heterocycles. The highest BCUT2D eigenvalue weighted by Gasteiger charge is 2.26. The molecule has 0 N–H and O–H groups in total. The number of aryl methyl sites for hydroxylation is 1. The minimum Gasteiger partial charge on any atom is -0.419 e. The lowest BCUT2D eigenvalue weighted by molar-refractivity contribution is 0.330. The van der Waals surface area contributed by atoms with Gasteiger partial charge in [-0.1, -0.05) is 54.8 Å². The molecule has 4 aromatic rings. The number of nitrogens with zero attached hydrogens (tertiary/aromatic N) is 5. The van der Waals surface area contributed by atoms with Gasteiger partial charge in [0.1, 0.15) is 5.82 Å². The van der Waals surface area contributed by atoms with Gasteiger partial charge in [0.2, 0.25) is 11.8 Å². The maximum Gasteiger partial charge on any atom is 0.247 e. The van der Waals surface area contributed by atoms with E-state index >= 15 is 0 Å². The van der Waals surface area contributed by atoms with Crippen LogP contribution in [0, 0.1) is 6.92 Å². The number of aromatic nitrogens is 5. The molecular formula is C24H27N5OS2. The van der Waals surface area contributed by atoms with Crippen LogP contribution in [0.3, 0.4) is 0 Å². The normalized spacial score (nSPS) is 15.8. The van der Waals surface area contributed by atoms with Crippen LogP contribution in [-0.4, -0.2) is 25.0 Å². The Bertz CT molecular complexity index is 1160. The Kier molecular flexibility index (Phi) is 6.41. The summed E-state index contributed by atoms with van der Waals surface area (Å²) < 4.78 is 8.42. The quantitative estimate of drug-likeness (QED) is 0.285. The highest BCUT2D eigenvalue weighted by atomic mass is 32.2. The van der Waals surface area contributed by atoms with Gasteiger partial charge >= 0.3 is 0 Å². The number of hydrogen-bond acceptors (Lipinski definition) is 7. The average molecular weight is 466 g/mol. The Labute approximate surface area is 196 Å². The number of benzene rings is 1. The zero-order valence-corrected chi connectivity index (χ0v) is 20.0. The second kappa shape index (κ2) is 9.58. The molecule has 1 aliphatic carbocycles. The van der Waals surface area contributed by atoms with E-state index in [4.69, 9.17) is 4.42 Å². The van der Waals surface area contributed by atoms with Gasteiger partial charge in [-0.2, -0.15) is 0 Å². The summed E-state index contributed by atoms with van der Waals surface area (Å²) in [5.41, 5.74) is 2.12. The topological polar surface area (TPSA) is 69.6 Å². The van der Waals surface area contributed by atoms with Crippen molar-refractivity contribution in [1.29, 1.82) is 0 Å². The molecule has 0 spiro atoms. The standard InChI is InChI=1S/C24H27N5OS2/c1-16-8-6-9-18(14-16)23-27-26-22(30-23)17(2)32-24-28-25-21(15-20-12-7-13-31-20)29(24)19-10-4-3-5-11-19/h6-9,12-14,17,19H,3-5,10-11,15H2,1-2H3/t17-/m1/s1. The summed E-state index contributed by atoms with van der Waals surface area (Å²) in [4.78, 5) is 1.32. The molecule has 1 saturated carbocycles. The monoisotopic (exact) mass is 465 g/mol. The predicted octanol–water partition coefficient (Wildman–Crippen LogP) is 6.65. The van der Waals surface area contributed by atoms with E-state index in [9.17, 15) is 0 Å². The summed E-state index contributed by atoms with van der Waals surface area (Å²) in [5, 5.41) is 20.9. The first kappa shape index (κ1) is 21.4. The lowest BCUT2D eigenvalue weighted by Gasteiger charge is -2.26. The van der Waals surface area contributed by atoms with Crippen molar-refractivity contribution in [1.82, 2.24) is 25.0 Å². The summed E-state index contributed by atoms with van der Waals surface area (Å²) in [6, 6.07) is 12.9. The number of hydrogen-bond donors (Lipinski definition) is 0. The molecule has 8 heteroatoms.